The van der Waals surface area contributed by atoms with Gasteiger partial charge in [0.2, 0.25) is 0 Å². The molecule has 0 aromatic rings. The molecule has 62 heavy (non-hydrogen) atoms. The number of ether oxygens (including phenoxy) is 1. The normalized spacial score (nSPS) is 11.6. The highest BCUT2D eigenvalue weighted by Crippen LogP contribution is 2.19. The van der Waals surface area contributed by atoms with Gasteiger partial charge in [0.05, 0.1) is 6.61 Å². The van der Waals surface area contributed by atoms with Crippen LogP contribution in [-0.4, -0.2) is 12.6 Å². The Kier molecular flexibility index (Phi) is 58.0. The van der Waals surface area contributed by atoms with Crippen LogP contribution in [0.1, 0.15) is 373 Å². The van der Waals surface area contributed by atoms with Crippen LogP contribution in [0.5, 0.6) is 0 Å². The number of esters is 1. The fraction of sp³-hybridized carbons (Fsp3) is 0.983. The van der Waals surface area contributed by atoms with Crippen LogP contribution in [0, 0.1) is 0 Å². The Morgan fingerprint density at radius 2 is 0.355 bits per heavy atom. The number of unbranched alkanes of at least 4 members (excludes halogenated alkanes) is 53. The lowest BCUT2D eigenvalue weighted by Gasteiger charge is -2.06. The average Bonchev–Trinajstić information content (AvgIpc) is 3.28. The zero-order chi connectivity index (χ0) is 44.6. The van der Waals surface area contributed by atoms with Crippen molar-refractivity contribution in [3.63, 3.8) is 0 Å². The van der Waals surface area contributed by atoms with Gasteiger partial charge in [0, 0.05) is 6.42 Å². The molecule has 0 aromatic heterocycles. The molecular formula is C60H120O2. The zero-order valence-corrected chi connectivity index (χ0v) is 43.6. The summed E-state index contributed by atoms with van der Waals surface area (Å²) in [6.45, 7) is 5.25. The van der Waals surface area contributed by atoms with E-state index in [2.05, 4.69) is 13.8 Å². The fourth-order valence-corrected chi connectivity index (χ4v) is 9.79. The predicted octanol–water partition coefficient (Wildman–Crippen LogP) is 22.4. The number of hydrogen-bond acceptors (Lipinski definition) is 2. The Morgan fingerprint density at radius 3 is 0.532 bits per heavy atom. The van der Waals surface area contributed by atoms with Crippen molar-refractivity contribution in [2.75, 3.05) is 6.61 Å². The molecule has 0 N–H and O–H groups in total. The molecule has 0 heterocycles. The molecule has 0 aliphatic rings. The quantitative estimate of drug-likeness (QED) is 0.0450. The molecule has 0 fully saturated rings. The molecule has 0 saturated carbocycles. The Morgan fingerprint density at radius 1 is 0.210 bits per heavy atom. The highest BCUT2D eigenvalue weighted by molar-refractivity contribution is 5.69. The van der Waals surface area contributed by atoms with E-state index in [1.807, 2.05) is 0 Å². The number of carbonyl (C=O) groups excluding carboxylic acids is 1. The van der Waals surface area contributed by atoms with E-state index in [4.69, 9.17) is 4.74 Å². The summed E-state index contributed by atoms with van der Waals surface area (Å²) in [7, 11) is 0. The molecule has 2 nitrogen and oxygen atoms in total. The van der Waals surface area contributed by atoms with Gasteiger partial charge in [-0.2, -0.15) is 0 Å². The molecule has 0 atom stereocenters. The fourth-order valence-electron chi connectivity index (χ4n) is 9.79. The predicted molar refractivity (Wildman–Crippen MR) is 281 cm³/mol. The van der Waals surface area contributed by atoms with E-state index in [0.717, 1.165) is 12.8 Å². The van der Waals surface area contributed by atoms with Crippen LogP contribution < -0.4 is 0 Å². The lowest BCUT2D eigenvalue weighted by atomic mass is 10.0. The van der Waals surface area contributed by atoms with E-state index in [-0.39, 0.29) is 5.97 Å². The SMILES string of the molecule is CCCCCCCCCCCCCCCCCCCCCCCCCCCCCCCCCCCCCCCC(=O)OCCCCCCCCCCCCCCCCCCCC. The van der Waals surface area contributed by atoms with Gasteiger partial charge in [0.25, 0.3) is 0 Å². The molecule has 0 amide bonds. The molecule has 0 spiro atoms. The first-order chi connectivity index (χ1) is 30.8. The summed E-state index contributed by atoms with van der Waals surface area (Å²) < 4.78 is 5.51. The summed E-state index contributed by atoms with van der Waals surface area (Å²) in [6.07, 6.45) is 78.8. The van der Waals surface area contributed by atoms with E-state index in [9.17, 15) is 4.79 Å². The summed E-state index contributed by atoms with van der Waals surface area (Å²) in [5, 5.41) is 0. The van der Waals surface area contributed by atoms with Crippen molar-refractivity contribution in [3.8, 4) is 0 Å². The summed E-state index contributed by atoms with van der Waals surface area (Å²) >= 11 is 0. The van der Waals surface area contributed by atoms with Crippen LogP contribution >= 0.6 is 0 Å². The zero-order valence-electron chi connectivity index (χ0n) is 43.6. The van der Waals surface area contributed by atoms with E-state index < -0.39 is 0 Å². The van der Waals surface area contributed by atoms with Gasteiger partial charge >= 0.3 is 5.97 Å². The molecule has 2 heteroatoms. The lowest BCUT2D eigenvalue weighted by Crippen LogP contribution is -2.05. The average molecular weight is 874 g/mol. The maximum atomic E-state index is 12.1. The van der Waals surface area contributed by atoms with E-state index >= 15 is 0 Å². The van der Waals surface area contributed by atoms with E-state index in [1.54, 1.807) is 0 Å². The molecule has 372 valence electrons. The van der Waals surface area contributed by atoms with Gasteiger partial charge in [-0.05, 0) is 12.8 Å². The molecule has 0 aliphatic carbocycles. The van der Waals surface area contributed by atoms with Crippen LogP contribution in [0.2, 0.25) is 0 Å². The van der Waals surface area contributed by atoms with Crippen molar-refractivity contribution in [1.82, 2.24) is 0 Å². The standard InChI is InChI=1S/C60H120O2/c1-3-5-7-9-11-13-15-17-19-21-23-24-25-26-27-28-29-30-31-32-33-34-35-36-37-38-39-40-41-42-44-46-48-50-52-54-56-58-60(61)62-59-57-55-53-51-49-47-45-43-22-20-18-16-14-12-10-8-6-4-2/h3-59H2,1-2H3. The van der Waals surface area contributed by atoms with Crippen molar-refractivity contribution in [3.05, 3.63) is 0 Å². The van der Waals surface area contributed by atoms with E-state index in [1.165, 1.54) is 340 Å². The second-order valence-corrected chi connectivity index (χ2v) is 20.7. The third-order valence-electron chi connectivity index (χ3n) is 14.2. The molecule has 0 rings (SSSR count). The number of hydrogen-bond donors (Lipinski definition) is 0. The largest absolute Gasteiger partial charge is 0.466 e. The maximum Gasteiger partial charge on any atom is 0.305 e. The summed E-state index contributed by atoms with van der Waals surface area (Å²) in [6, 6.07) is 0. The Hall–Kier alpha value is -0.530. The third-order valence-corrected chi connectivity index (χ3v) is 14.2. The lowest BCUT2D eigenvalue weighted by molar-refractivity contribution is -0.143. The molecule has 0 saturated heterocycles. The van der Waals surface area contributed by atoms with Gasteiger partial charge in [0.15, 0.2) is 0 Å². The van der Waals surface area contributed by atoms with E-state index in [0.29, 0.717) is 13.0 Å². The topological polar surface area (TPSA) is 26.3 Å². The molecule has 0 aromatic carbocycles. The Bertz CT molecular complexity index is 777. The van der Waals surface area contributed by atoms with Gasteiger partial charge in [-0.15, -0.1) is 0 Å². The number of carbonyl (C=O) groups is 1. The van der Waals surface area contributed by atoms with Crippen LogP contribution in [0.15, 0.2) is 0 Å². The summed E-state index contributed by atoms with van der Waals surface area (Å²) in [5.74, 6) is 0.0354. The van der Waals surface area contributed by atoms with Gasteiger partial charge in [-0.3, -0.25) is 4.79 Å². The molecule has 0 aliphatic heterocycles. The molecular weight excluding hydrogens is 753 g/mol. The smallest absolute Gasteiger partial charge is 0.305 e. The van der Waals surface area contributed by atoms with Crippen molar-refractivity contribution >= 4 is 5.97 Å². The van der Waals surface area contributed by atoms with Crippen LogP contribution in [0.3, 0.4) is 0 Å². The molecule has 0 unspecified atom stereocenters. The third kappa shape index (κ3) is 57.5. The van der Waals surface area contributed by atoms with Gasteiger partial charge in [-0.25, -0.2) is 0 Å². The Balaban J connectivity index is 3.13. The second-order valence-electron chi connectivity index (χ2n) is 20.7. The minimum absolute atomic E-state index is 0.0354. The van der Waals surface area contributed by atoms with Gasteiger partial charge in [0.1, 0.15) is 0 Å². The van der Waals surface area contributed by atoms with Crippen LogP contribution in [0.4, 0.5) is 0 Å². The Labute approximate surface area is 394 Å². The summed E-state index contributed by atoms with van der Waals surface area (Å²) in [5.41, 5.74) is 0. The maximum absolute atomic E-state index is 12.1. The van der Waals surface area contributed by atoms with Crippen LogP contribution in [0.25, 0.3) is 0 Å². The first-order valence-corrected chi connectivity index (χ1v) is 30.0. The van der Waals surface area contributed by atoms with Gasteiger partial charge in [-0.1, -0.05) is 354 Å². The first-order valence-electron chi connectivity index (χ1n) is 30.0. The van der Waals surface area contributed by atoms with Crippen molar-refractivity contribution in [1.29, 1.82) is 0 Å². The van der Waals surface area contributed by atoms with Crippen molar-refractivity contribution in [2.45, 2.75) is 373 Å². The summed E-state index contributed by atoms with van der Waals surface area (Å²) in [4.78, 5) is 12.1. The second kappa shape index (κ2) is 58.5. The monoisotopic (exact) mass is 873 g/mol. The minimum atomic E-state index is 0.0354. The van der Waals surface area contributed by atoms with Gasteiger partial charge < -0.3 is 4.74 Å². The highest BCUT2D eigenvalue weighted by Gasteiger charge is 2.03. The first kappa shape index (κ1) is 61.5. The van der Waals surface area contributed by atoms with Crippen molar-refractivity contribution in [2.24, 2.45) is 0 Å². The minimum Gasteiger partial charge on any atom is -0.466 e. The molecule has 0 bridgehead atoms. The molecule has 0 radical (unpaired) electrons. The van der Waals surface area contributed by atoms with Crippen LogP contribution in [-0.2, 0) is 9.53 Å². The highest BCUT2D eigenvalue weighted by atomic mass is 16.5. The number of rotatable bonds is 57. The van der Waals surface area contributed by atoms with Crippen molar-refractivity contribution < 1.29 is 9.53 Å².